The third-order valence-electron chi connectivity index (χ3n) is 3.58. The molecule has 4 heteroatoms. The minimum atomic E-state index is 0.338. The van der Waals surface area contributed by atoms with E-state index in [4.69, 9.17) is 5.73 Å². The lowest BCUT2D eigenvalue weighted by Crippen LogP contribution is -2.23. The topological polar surface area (TPSA) is 55.9 Å². The first-order valence-electron chi connectivity index (χ1n) is 6.30. The number of nitrogens with one attached hydrogen (secondary N) is 1. The van der Waals surface area contributed by atoms with Crippen molar-refractivity contribution < 1.29 is 0 Å². The highest BCUT2D eigenvalue weighted by molar-refractivity contribution is 5.50. The van der Waals surface area contributed by atoms with Crippen molar-refractivity contribution in [2.24, 2.45) is 0 Å². The van der Waals surface area contributed by atoms with Crippen LogP contribution in [0.25, 0.3) is 0 Å². The van der Waals surface area contributed by atoms with Crippen molar-refractivity contribution in [3.8, 4) is 0 Å². The van der Waals surface area contributed by atoms with Crippen molar-refractivity contribution in [1.82, 2.24) is 9.55 Å². The van der Waals surface area contributed by atoms with Gasteiger partial charge in [0.25, 0.3) is 0 Å². The van der Waals surface area contributed by atoms with Crippen molar-refractivity contribution in [3.05, 3.63) is 41.2 Å². The molecule has 4 nitrogen and oxygen atoms in total. The number of hydrogen-bond donors (Lipinski definition) is 2. The zero-order valence-electron chi connectivity index (χ0n) is 10.8. The molecule has 0 saturated heterocycles. The quantitative estimate of drug-likeness (QED) is 0.755. The lowest BCUT2D eigenvalue weighted by Gasteiger charge is -2.26. The molecule has 1 aliphatic heterocycles. The largest absolute Gasteiger partial charge is 0.399 e. The highest BCUT2D eigenvalue weighted by atomic mass is 15.2. The highest BCUT2D eigenvalue weighted by Crippen LogP contribution is 2.31. The van der Waals surface area contributed by atoms with Crippen LogP contribution in [-0.2, 0) is 0 Å². The fourth-order valence-electron chi connectivity index (χ4n) is 2.54. The average molecular weight is 242 g/mol. The maximum Gasteiger partial charge on any atom is 0.203 e. The number of aromatic nitrogens is 2. The van der Waals surface area contributed by atoms with E-state index in [1.165, 1.54) is 5.56 Å². The fraction of sp³-hybridized carbons (Fsp3) is 0.357. The van der Waals surface area contributed by atoms with Gasteiger partial charge in [-0.1, -0.05) is 12.1 Å². The molecule has 1 aromatic heterocycles. The Balaban J connectivity index is 2.05. The standard InChI is InChI=1S/C14H18N4/c1-9-3-4-11(7-12(9)15)13-5-6-16-14-17-10(2)8-18(13)14/h3-4,7-8,13H,5-6,15H2,1-2H3,(H,16,17). The molecule has 0 bridgehead atoms. The average Bonchev–Trinajstić information content (AvgIpc) is 2.72. The first-order chi connectivity index (χ1) is 8.65. The Bertz CT molecular complexity index is 585. The molecule has 0 saturated carbocycles. The second-order valence-electron chi connectivity index (χ2n) is 4.96. The summed E-state index contributed by atoms with van der Waals surface area (Å²) in [5.41, 5.74) is 10.3. The van der Waals surface area contributed by atoms with Gasteiger partial charge in [-0.05, 0) is 37.5 Å². The molecule has 2 aromatic rings. The van der Waals surface area contributed by atoms with Crippen LogP contribution in [0, 0.1) is 13.8 Å². The number of nitrogens with zero attached hydrogens (tertiary/aromatic N) is 2. The van der Waals surface area contributed by atoms with Crippen LogP contribution in [0.5, 0.6) is 0 Å². The van der Waals surface area contributed by atoms with Gasteiger partial charge in [-0.2, -0.15) is 0 Å². The zero-order valence-corrected chi connectivity index (χ0v) is 10.8. The number of anilines is 2. The number of rotatable bonds is 1. The van der Waals surface area contributed by atoms with E-state index in [9.17, 15) is 0 Å². The van der Waals surface area contributed by atoms with E-state index in [0.717, 1.165) is 35.9 Å². The molecule has 0 spiro atoms. The SMILES string of the molecule is Cc1cn2c(n1)NCCC2c1ccc(C)c(N)c1. The van der Waals surface area contributed by atoms with Gasteiger partial charge in [-0.3, -0.25) is 0 Å². The van der Waals surface area contributed by atoms with E-state index in [-0.39, 0.29) is 0 Å². The highest BCUT2D eigenvalue weighted by Gasteiger charge is 2.22. The zero-order chi connectivity index (χ0) is 12.7. The number of fused-ring (bicyclic) bond motifs is 1. The smallest absolute Gasteiger partial charge is 0.203 e. The molecular formula is C14H18N4. The molecule has 1 aromatic carbocycles. The Labute approximate surface area is 107 Å². The summed E-state index contributed by atoms with van der Waals surface area (Å²) in [4.78, 5) is 4.49. The van der Waals surface area contributed by atoms with Crippen LogP contribution in [0.2, 0.25) is 0 Å². The van der Waals surface area contributed by atoms with E-state index in [0.29, 0.717) is 6.04 Å². The lowest BCUT2D eigenvalue weighted by molar-refractivity contribution is 0.530. The monoisotopic (exact) mass is 242 g/mol. The number of nitrogen functional groups attached to an aromatic ring is 1. The summed E-state index contributed by atoms with van der Waals surface area (Å²) in [6.07, 6.45) is 3.16. The summed E-state index contributed by atoms with van der Waals surface area (Å²) in [6, 6.07) is 6.69. The van der Waals surface area contributed by atoms with E-state index in [2.05, 4.69) is 39.3 Å². The molecule has 1 unspecified atom stereocenters. The van der Waals surface area contributed by atoms with Crippen molar-refractivity contribution >= 4 is 11.6 Å². The van der Waals surface area contributed by atoms with Gasteiger partial charge >= 0.3 is 0 Å². The van der Waals surface area contributed by atoms with Crippen LogP contribution in [0.1, 0.15) is 29.3 Å². The lowest BCUT2D eigenvalue weighted by atomic mass is 10.00. The van der Waals surface area contributed by atoms with E-state index >= 15 is 0 Å². The first-order valence-corrected chi connectivity index (χ1v) is 6.30. The second-order valence-corrected chi connectivity index (χ2v) is 4.96. The Morgan fingerprint density at radius 3 is 3.00 bits per heavy atom. The third kappa shape index (κ3) is 1.74. The first kappa shape index (κ1) is 11.1. The molecule has 0 aliphatic carbocycles. The minimum Gasteiger partial charge on any atom is -0.399 e. The van der Waals surface area contributed by atoms with Crippen LogP contribution in [-0.4, -0.2) is 16.1 Å². The second kappa shape index (κ2) is 4.05. The molecule has 3 N–H and O–H groups in total. The van der Waals surface area contributed by atoms with Crippen molar-refractivity contribution in [2.75, 3.05) is 17.6 Å². The number of benzene rings is 1. The predicted molar refractivity (Wildman–Crippen MR) is 73.8 cm³/mol. The van der Waals surface area contributed by atoms with E-state index < -0.39 is 0 Å². The van der Waals surface area contributed by atoms with Gasteiger partial charge in [0.2, 0.25) is 5.95 Å². The molecular weight excluding hydrogens is 224 g/mol. The molecule has 2 heterocycles. The molecule has 94 valence electrons. The van der Waals surface area contributed by atoms with Gasteiger partial charge in [-0.15, -0.1) is 0 Å². The molecule has 18 heavy (non-hydrogen) atoms. The van der Waals surface area contributed by atoms with Gasteiger partial charge in [0.15, 0.2) is 0 Å². The summed E-state index contributed by atoms with van der Waals surface area (Å²) >= 11 is 0. The van der Waals surface area contributed by atoms with Crippen molar-refractivity contribution in [2.45, 2.75) is 26.3 Å². The molecule has 1 atom stereocenters. The Kier molecular flexibility index (Phi) is 2.51. The van der Waals surface area contributed by atoms with Gasteiger partial charge in [-0.25, -0.2) is 4.98 Å². The van der Waals surface area contributed by atoms with E-state index in [1.807, 2.05) is 13.8 Å². The summed E-state index contributed by atoms with van der Waals surface area (Å²) < 4.78 is 2.21. The maximum atomic E-state index is 6.01. The van der Waals surface area contributed by atoms with Gasteiger partial charge < -0.3 is 15.6 Å². The number of nitrogens with two attached hydrogens (primary N) is 1. The number of imidazole rings is 1. The summed E-state index contributed by atoms with van der Waals surface area (Å²) in [6.45, 7) is 5.01. The Morgan fingerprint density at radius 1 is 1.39 bits per heavy atom. The molecule has 0 amide bonds. The van der Waals surface area contributed by atoms with Crippen LogP contribution < -0.4 is 11.1 Å². The summed E-state index contributed by atoms with van der Waals surface area (Å²) in [7, 11) is 0. The van der Waals surface area contributed by atoms with Crippen LogP contribution in [0.4, 0.5) is 11.6 Å². The van der Waals surface area contributed by atoms with Gasteiger partial charge in [0.05, 0.1) is 11.7 Å². The normalized spacial score (nSPS) is 18.2. The maximum absolute atomic E-state index is 6.01. The van der Waals surface area contributed by atoms with Gasteiger partial charge in [0, 0.05) is 18.4 Å². The Morgan fingerprint density at radius 2 is 2.22 bits per heavy atom. The van der Waals surface area contributed by atoms with Crippen LogP contribution in [0.15, 0.2) is 24.4 Å². The van der Waals surface area contributed by atoms with Crippen LogP contribution >= 0.6 is 0 Å². The minimum absolute atomic E-state index is 0.338. The van der Waals surface area contributed by atoms with Gasteiger partial charge in [0.1, 0.15) is 0 Å². The predicted octanol–water partition coefficient (Wildman–Crippen LogP) is 2.49. The summed E-state index contributed by atoms with van der Waals surface area (Å²) in [5, 5.41) is 3.33. The van der Waals surface area contributed by atoms with Crippen LogP contribution in [0.3, 0.4) is 0 Å². The fourth-order valence-corrected chi connectivity index (χ4v) is 2.54. The van der Waals surface area contributed by atoms with Crippen molar-refractivity contribution in [3.63, 3.8) is 0 Å². The molecule has 1 aliphatic rings. The third-order valence-corrected chi connectivity index (χ3v) is 3.58. The Hall–Kier alpha value is -1.97. The molecule has 0 radical (unpaired) electrons. The molecule has 3 rings (SSSR count). The number of hydrogen-bond acceptors (Lipinski definition) is 3. The summed E-state index contributed by atoms with van der Waals surface area (Å²) in [5.74, 6) is 0.961. The van der Waals surface area contributed by atoms with E-state index in [1.54, 1.807) is 0 Å². The van der Waals surface area contributed by atoms with Crippen molar-refractivity contribution in [1.29, 1.82) is 0 Å². The molecule has 0 fully saturated rings. The number of aryl methyl sites for hydroxylation is 2.